The first-order chi connectivity index (χ1) is 51.5. The molecule has 13 aromatic carbocycles. The van der Waals surface area contributed by atoms with Crippen molar-refractivity contribution in [3.63, 3.8) is 0 Å². The lowest BCUT2D eigenvalue weighted by molar-refractivity contribution is 0.218. The minimum absolute atomic E-state index is 0.000959. The quantitative estimate of drug-likeness (QED) is 0.0346. The van der Waals surface area contributed by atoms with Crippen LogP contribution in [0, 0.1) is 0 Å². The number of hydrogen-bond acceptors (Lipinski definition) is 12. The average molecular weight is 1400 g/mol. The average Bonchev–Trinajstić information content (AvgIpc) is 0.813. The maximum Gasteiger partial charge on any atom is 0.203 e. The molecular formula is C91H79ClO12. The van der Waals surface area contributed by atoms with Gasteiger partial charge in [0, 0.05) is 5.88 Å². The second-order valence-electron chi connectivity index (χ2n) is 24.7. The van der Waals surface area contributed by atoms with E-state index in [2.05, 4.69) is 0 Å². The molecule has 13 aromatic rings. The van der Waals surface area contributed by atoms with E-state index in [0.717, 1.165) is 50.1 Å². The van der Waals surface area contributed by atoms with Crippen LogP contribution in [0.3, 0.4) is 0 Å². The molecule has 0 aliphatic heterocycles. The molecule has 0 fully saturated rings. The van der Waals surface area contributed by atoms with Crippen molar-refractivity contribution >= 4 is 11.6 Å². The second-order valence-corrected chi connectivity index (χ2v) is 24.9. The Labute approximate surface area is 613 Å². The van der Waals surface area contributed by atoms with Gasteiger partial charge in [0.2, 0.25) is 23.0 Å². The van der Waals surface area contributed by atoms with Crippen LogP contribution in [0.1, 0.15) is 72.3 Å². The van der Waals surface area contributed by atoms with Crippen molar-refractivity contribution in [2.75, 3.05) is 0 Å². The highest BCUT2D eigenvalue weighted by atomic mass is 35.5. The molecule has 0 spiro atoms. The first-order valence-electron chi connectivity index (χ1n) is 34.6. The standard InChI is InChI=1S/C91H79ClO12/c92-54-76-46-80(99-64-77-48-82(93-55-67-28-10-1-11-29-67)89(101-61-73-40-22-7-23-41-73)83(49-77)94-56-68-30-12-2-13-31-68)88(104-66-79-52-86(97-59-71-36-18-5-19-37-71)91(103-63-75-44-26-9-27-45-75)87(53-79)98-60-72-38-20-6-21-39-72)81(47-76)100-65-78-50-84(95-57-69-32-14-3-15-33-69)90(102-62-74-42-24-8-25-43-74)85(51-78)96-58-70-34-16-4-17-35-70/h1-53H,54-66H2. The zero-order chi connectivity index (χ0) is 70.6. The third-order valence-corrected chi connectivity index (χ3v) is 17.1. The van der Waals surface area contributed by atoms with Gasteiger partial charge in [-0.15, -0.1) is 11.6 Å². The predicted octanol–water partition coefficient (Wildman–Crippen LogP) is 21.4. The highest BCUT2D eigenvalue weighted by molar-refractivity contribution is 6.17. The van der Waals surface area contributed by atoms with E-state index in [9.17, 15) is 0 Å². The van der Waals surface area contributed by atoms with Crippen LogP contribution in [0.2, 0.25) is 0 Å². The van der Waals surface area contributed by atoms with Gasteiger partial charge in [0.05, 0.1) is 0 Å². The molecule has 0 N–H and O–H groups in total. The summed E-state index contributed by atoms with van der Waals surface area (Å²) >= 11 is 6.91. The molecule has 0 amide bonds. The first-order valence-corrected chi connectivity index (χ1v) is 35.1. The SMILES string of the molecule is ClCc1cc(OCc2cc(OCc3ccccc3)c(OCc3ccccc3)c(OCc3ccccc3)c2)c(OCc2cc(OCc3ccccc3)c(OCc3ccccc3)c(OCc3ccccc3)c2)c(OCc2cc(OCc3ccccc3)c(OCc3ccccc3)c(OCc3ccccc3)c2)c1. The van der Waals surface area contributed by atoms with Crippen LogP contribution in [0.25, 0.3) is 0 Å². The monoisotopic (exact) mass is 1400 g/mol. The van der Waals surface area contributed by atoms with Gasteiger partial charge >= 0.3 is 0 Å². The van der Waals surface area contributed by atoms with Crippen LogP contribution >= 0.6 is 11.6 Å². The van der Waals surface area contributed by atoms with E-state index in [1.54, 1.807) is 0 Å². The molecule has 13 rings (SSSR count). The molecule has 0 saturated carbocycles. The van der Waals surface area contributed by atoms with Crippen LogP contribution < -0.4 is 56.8 Å². The van der Waals surface area contributed by atoms with E-state index in [0.29, 0.717) is 85.5 Å². The van der Waals surface area contributed by atoms with Crippen molar-refractivity contribution in [1.29, 1.82) is 0 Å². The molecule has 0 aromatic heterocycles. The zero-order valence-electron chi connectivity index (χ0n) is 57.6. The third kappa shape index (κ3) is 20.5. The molecule has 0 radical (unpaired) electrons. The molecular weight excluding hydrogens is 1320 g/mol. The van der Waals surface area contributed by atoms with Crippen molar-refractivity contribution in [3.05, 3.63) is 394 Å². The Bertz CT molecular complexity index is 4350. The number of alkyl halides is 1. The molecule has 0 saturated heterocycles. The fourth-order valence-electron chi connectivity index (χ4n) is 11.4. The molecule has 0 unspecified atom stereocenters. The summed E-state index contributed by atoms with van der Waals surface area (Å²) in [5, 5.41) is 0. The fourth-order valence-corrected chi connectivity index (χ4v) is 11.5. The van der Waals surface area contributed by atoms with E-state index >= 15 is 0 Å². The summed E-state index contributed by atoms with van der Waals surface area (Å²) < 4.78 is 82.0. The number of benzene rings is 13. The summed E-state index contributed by atoms with van der Waals surface area (Å²) in [6.45, 7) is 2.26. The maximum atomic E-state index is 7.18. The van der Waals surface area contributed by atoms with Crippen LogP contribution in [0.5, 0.6) is 69.0 Å². The van der Waals surface area contributed by atoms with Gasteiger partial charge in [0.1, 0.15) is 79.3 Å². The van der Waals surface area contributed by atoms with Crippen molar-refractivity contribution in [3.8, 4) is 69.0 Å². The van der Waals surface area contributed by atoms with Gasteiger partial charge in [0.15, 0.2) is 46.0 Å². The van der Waals surface area contributed by atoms with Crippen molar-refractivity contribution < 1.29 is 56.8 Å². The van der Waals surface area contributed by atoms with Crippen LogP contribution in [-0.2, 0) is 85.2 Å². The van der Waals surface area contributed by atoms with Crippen LogP contribution in [0.15, 0.2) is 322 Å². The van der Waals surface area contributed by atoms with Crippen molar-refractivity contribution in [1.82, 2.24) is 0 Å². The normalized spacial score (nSPS) is 10.9. The summed E-state index contributed by atoms with van der Waals surface area (Å²) in [6.07, 6.45) is 0. The highest BCUT2D eigenvalue weighted by Gasteiger charge is 2.24. The Morgan fingerprint density at radius 3 is 0.423 bits per heavy atom. The van der Waals surface area contributed by atoms with E-state index in [1.807, 2.05) is 322 Å². The van der Waals surface area contributed by atoms with E-state index in [1.165, 1.54) is 0 Å². The maximum absolute atomic E-state index is 7.18. The van der Waals surface area contributed by atoms with Gasteiger partial charge in [-0.2, -0.15) is 0 Å². The molecule has 0 aliphatic rings. The predicted molar refractivity (Wildman–Crippen MR) is 405 cm³/mol. The van der Waals surface area contributed by atoms with E-state index in [-0.39, 0.29) is 90.9 Å². The largest absolute Gasteiger partial charge is 0.485 e. The lowest BCUT2D eigenvalue weighted by Crippen LogP contribution is -2.08. The molecule has 12 nitrogen and oxygen atoms in total. The summed E-state index contributed by atoms with van der Waals surface area (Å²) in [6, 6.07) is 105. The summed E-state index contributed by atoms with van der Waals surface area (Å²) in [7, 11) is 0. The fraction of sp³-hybridized carbons (Fsp3) is 0.143. The lowest BCUT2D eigenvalue weighted by Gasteiger charge is -2.22. The molecule has 0 atom stereocenters. The van der Waals surface area contributed by atoms with E-state index < -0.39 is 0 Å². The second kappa shape index (κ2) is 36.9. The summed E-state index contributed by atoms with van der Waals surface area (Å²) in [5.41, 5.74) is 11.6. The van der Waals surface area contributed by atoms with Gasteiger partial charge in [-0.05, 0) is 121 Å². The van der Waals surface area contributed by atoms with Crippen molar-refractivity contribution in [2.45, 2.75) is 85.2 Å². The van der Waals surface area contributed by atoms with Gasteiger partial charge in [-0.3, -0.25) is 0 Å². The molecule has 0 bridgehead atoms. The minimum Gasteiger partial charge on any atom is -0.485 e. The van der Waals surface area contributed by atoms with Crippen molar-refractivity contribution in [2.24, 2.45) is 0 Å². The Morgan fingerprint density at radius 2 is 0.269 bits per heavy atom. The van der Waals surface area contributed by atoms with Crippen LogP contribution in [0.4, 0.5) is 0 Å². The first kappa shape index (κ1) is 70.2. The Hall–Kier alpha value is -12.3. The lowest BCUT2D eigenvalue weighted by atomic mass is 10.1. The van der Waals surface area contributed by atoms with Gasteiger partial charge in [-0.25, -0.2) is 0 Å². The zero-order valence-corrected chi connectivity index (χ0v) is 58.3. The van der Waals surface area contributed by atoms with E-state index in [4.69, 9.17) is 68.4 Å². The van der Waals surface area contributed by atoms with Gasteiger partial charge in [-0.1, -0.05) is 273 Å². The Kier molecular flexibility index (Phi) is 24.9. The Morgan fingerprint density at radius 1 is 0.144 bits per heavy atom. The highest BCUT2D eigenvalue weighted by Crippen LogP contribution is 2.47. The van der Waals surface area contributed by atoms with Gasteiger partial charge in [0.25, 0.3) is 0 Å². The Balaban J connectivity index is 0.897. The smallest absolute Gasteiger partial charge is 0.203 e. The molecule has 522 valence electrons. The number of hydrogen-bond donors (Lipinski definition) is 0. The van der Waals surface area contributed by atoms with Gasteiger partial charge < -0.3 is 56.8 Å². The number of halogens is 1. The molecule has 104 heavy (non-hydrogen) atoms. The molecule has 0 heterocycles. The molecule has 13 heteroatoms. The summed E-state index contributed by atoms with van der Waals surface area (Å²) in [5.74, 6) is 5.18. The number of ether oxygens (including phenoxy) is 12. The third-order valence-electron chi connectivity index (χ3n) is 16.7. The van der Waals surface area contributed by atoms with Crippen LogP contribution in [-0.4, -0.2) is 0 Å². The topological polar surface area (TPSA) is 111 Å². The summed E-state index contributed by atoms with van der Waals surface area (Å²) in [4.78, 5) is 0. The minimum atomic E-state index is -0.0277. The molecule has 0 aliphatic carbocycles. The number of rotatable bonds is 37.